The van der Waals surface area contributed by atoms with E-state index in [0.717, 1.165) is 12.2 Å². The van der Waals surface area contributed by atoms with Crippen molar-refractivity contribution in [3.05, 3.63) is 59.9 Å². The molecule has 1 N–H and O–H groups in total. The summed E-state index contributed by atoms with van der Waals surface area (Å²) in [4.78, 5) is 14.3. The minimum Gasteiger partial charge on any atom is -0.385 e. The lowest BCUT2D eigenvalue weighted by Gasteiger charge is -2.22. The first kappa shape index (κ1) is 15.0. The van der Waals surface area contributed by atoms with Gasteiger partial charge in [0.1, 0.15) is 5.82 Å². The van der Waals surface area contributed by atoms with E-state index in [4.69, 9.17) is 0 Å². The van der Waals surface area contributed by atoms with E-state index in [0.29, 0.717) is 17.8 Å². The topological polar surface area (TPSA) is 32.3 Å². The summed E-state index contributed by atoms with van der Waals surface area (Å²) in [6, 6.07) is 13.4. The van der Waals surface area contributed by atoms with E-state index in [2.05, 4.69) is 5.32 Å². The number of hydrogen-bond donors (Lipinski definition) is 1. The van der Waals surface area contributed by atoms with Crippen LogP contribution in [0, 0.1) is 5.82 Å². The monoisotopic (exact) mass is 286 g/mol. The molecule has 0 spiro atoms. The van der Waals surface area contributed by atoms with Crippen molar-refractivity contribution in [1.29, 1.82) is 0 Å². The minimum absolute atomic E-state index is 0.139. The number of nitrogens with zero attached hydrogens (tertiary/aromatic N) is 1. The molecule has 0 radical (unpaired) electrons. The quantitative estimate of drug-likeness (QED) is 0.903. The second-order valence-corrected chi connectivity index (χ2v) is 4.61. The largest absolute Gasteiger partial charge is 0.385 e. The standard InChI is InChI=1S/C17H19FN2O/c1-3-19-16-11-6-5-10-15(16)17(21)20(4-2)14-9-7-8-13(18)12-14/h5-12,19H,3-4H2,1-2H3. The molecule has 0 saturated heterocycles. The van der Waals surface area contributed by atoms with Crippen LogP contribution in [-0.4, -0.2) is 19.0 Å². The van der Waals surface area contributed by atoms with Gasteiger partial charge < -0.3 is 10.2 Å². The molecular weight excluding hydrogens is 267 g/mol. The van der Waals surface area contributed by atoms with Crippen LogP contribution in [0.2, 0.25) is 0 Å². The number of hydrogen-bond acceptors (Lipinski definition) is 2. The van der Waals surface area contributed by atoms with Gasteiger partial charge in [0.25, 0.3) is 5.91 Å². The van der Waals surface area contributed by atoms with Crippen LogP contribution in [0.15, 0.2) is 48.5 Å². The van der Waals surface area contributed by atoms with E-state index in [1.54, 1.807) is 23.1 Å². The second-order valence-electron chi connectivity index (χ2n) is 4.61. The molecule has 0 fully saturated rings. The zero-order valence-corrected chi connectivity index (χ0v) is 12.3. The Bertz CT molecular complexity index is 628. The third-order valence-corrected chi connectivity index (χ3v) is 3.21. The van der Waals surface area contributed by atoms with Crippen molar-refractivity contribution >= 4 is 17.3 Å². The third-order valence-electron chi connectivity index (χ3n) is 3.21. The molecule has 0 unspecified atom stereocenters. The fraction of sp³-hybridized carbons (Fsp3) is 0.235. The average Bonchev–Trinajstić information content (AvgIpc) is 2.49. The number of halogens is 1. The van der Waals surface area contributed by atoms with E-state index in [-0.39, 0.29) is 11.7 Å². The first-order valence-corrected chi connectivity index (χ1v) is 7.07. The van der Waals surface area contributed by atoms with Gasteiger partial charge in [-0.15, -0.1) is 0 Å². The number of para-hydroxylation sites is 1. The molecule has 0 aliphatic rings. The zero-order chi connectivity index (χ0) is 15.2. The summed E-state index contributed by atoms with van der Waals surface area (Å²) < 4.78 is 13.4. The molecule has 0 aliphatic carbocycles. The Labute approximate surface area is 124 Å². The third kappa shape index (κ3) is 3.40. The number of anilines is 2. The minimum atomic E-state index is -0.348. The summed E-state index contributed by atoms with van der Waals surface area (Å²) in [5, 5.41) is 3.18. The van der Waals surface area contributed by atoms with Crippen molar-refractivity contribution in [3.8, 4) is 0 Å². The molecule has 110 valence electrons. The highest BCUT2D eigenvalue weighted by Crippen LogP contribution is 2.22. The maximum absolute atomic E-state index is 13.4. The van der Waals surface area contributed by atoms with Crippen LogP contribution in [0.25, 0.3) is 0 Å². The van der Waals surface area contributed by atoms with Crippen LogP contribution in [-0.2, 0) is 0 Å². The van der Waals surface area contributed by atoms with Crippen molar-refractivity contribution in [3.63, 3.8) is 0 Å². The van der Waals surface area contributed by atoms with Gasteiger partial charge in [-0.1, -0.05) is 18.2 Å². The van der Waals surface area contributed by atoms with Crippen LogP contribution < -0.4 is 10.2 Å². The molecule has 2 aromatic carbocycles. The van der Waals surface area contributed by atoms with Crippen LogP contribution in [0.4, 0.5) is 15.8 Å². The molecule has 21 heavy (non-hydrogen) atoms. The first-order valence-electron chi connectivity index (χ1n) is 7.07. The van der Waals surface area contributed by atoms with Gasteiger partial charge in [-0.2, -0.15) is 0 Å². The van der Waals surface area contributed by atoms with E-state index in [1.165, 1.54) is 12.1 Å². The Kier molecular flexibility index (Phi) is 4.93. The van der Waals surface area contributed by atoms with Crippen LogP contribution in [0.5, 0.6) is 0 Å². The van der Waals surface area contributed by atoms with Crippen molar-refractivity contribution in [2.45, 2.75) is 13.8 Å². The molecular formula is C17H19FN2O. The second kappa shape index (κ2) is 6.88. The number of nitrogens with one attached hydrogen (secondary N) is 1. The Morgan fingerprint density at radius 3 is 2.57 bits per heavy atom. The number of carbonyl (C=O) groups is 1. The molecule has 0 heterocycles. The lowest BCUT2D eigenvalue weighted by Crippen LogP contribution is -2.31. The SMILES string of the molecule is CCNc1ccccc1C(=O)N(CC)c1cccc(F)c1. The summed E-state index contributed by atoms with van der Waals surface area (Å²) in [5.41, 5.74) is 1.94. The maximum Gasteiger partial charge on any atom is 0.260 e. The highest BCUT2D eigenvalue weighted by atomic mass is 19.1. The fourth-order valence-electron chi connectivity index (χ4n) is 2.25. The fourth-order valence-corrected chi connectivity index (χ4v) is 2.25. The summed E-state index contributed by atoms with van der Waals surface area (Å²) >= 11 is 0. The highest BCUT2D eigenvalue weighted by molar-refractivity contribution is 6.09. The molecule has 3 nitrogen and oxygen atoms in total. The number of carbonyl (C=O) groups excluding carboxylic acids is 1. The Morgan fingerprint density at radius 1 is 1.14 bits per heavy atom. The number of amides is 1. The van der Waals surface area contributed by atoms with Gasteiger partial charge in [-0.3, -0.25) is 4.79 Å². The van der Waals surface area contributed by atoms with E-state index >= 15 is 0 Å². The van der Waals surface area contributed by atoms with Crippen LogP contribution >= 0.6 is 0 Å². The Morgan fingerprint density at radius 2 is 1.90 bits per heavy atom. The van der Waals surface area contributed by atoms with Gasteiger partial charge in [-0.05, 0) is 44.2 Å². The molecule has 0 bridgehead atoms. The molecule has 0 aliphatic heterocycles. The van der Waals surface area contributed by atoms with Crippen LogP contribution in [0.3, 0.4) is 0 Å². The average molecular weight is 286 g/mol. The van der Waals surface area contributed by atoms with Gasteiger partial charge >= 0.3 is 0 Å². The lowest BCUT2D eigenvalue weighted by atomic mass is 10.1. The van der Waals surface area contributed by atoms with Crippen molar-refractivity contribution in [2.75, 3.05) is 23.3 Å². The molecule has 2 rings (SSSR count). The van der Waals surface area contributed by atoms with Gasteiger partial charge in [-0.25, -0.2) is 4.39 Å². The normalized spacial score (nSPS) is 10.2. The van der Waals surface area contributed by atoms with Gasteiger partial charge in [0.15, 0.2) is 0 Å². The van der Waals surface area contributed by atoms with Gasteiger partial charge in [0.05, 0.1) is 5.56 Å². The molecule has 2 aromatic rings. The number of rotatable bonds is 5. The summed E-state index contributed by atoms with van der Waals surface area (Å²) in [6.45, 7) is 5.06. The molecule has 0 saturated carbocycles. The lowest BCUT2D eigenvalue weighted by molar-refractivity contribution is 0.0989. The van der Waals surface area contributed by atoms with Crippen molar-refractivity contribution < 1.29 is 9.18 Å². The Balaban J connectivity index is 2.37. The summed E-state index contributed by atoms with van der Waals surface area (Å²) in [6.07, 6.45) is 0. The first-order chi connectivity index (χ1) is 10.2. The Hall–Kier alpha value is -2.36. The predicted octanol–water partition coefficient (Wildman–Crippen LogP) is 3.92. The van der Waals surface area contributed by atoms with Crippen LogP contribution in [0.1, 0.15) is 24.2 Å². The highest BCUT2D eigenvalue weighted by Gasteiger charge is 2.19. The maximum atomic E-state index is 13.4. The van der Waals surface area contributed by atoms with Gasteiger partial charge in [0, 0.05) is 24.5 Å². The van der Waals surface area contributed by atoms with E-state index in [1.807, 2.05) is 32.0 Å². The zero-order valence-electron chi connectivity index (χ0n) is 12.3. The summed E-state index contributed by atoms with van der Waals surface area (Å²) in [7, 11) is 0. The number of benzene rings is 2. The molecule has 0 atom stereocenters. The van der Waals surface area contributed by atoms with Crippen molar-refractivity contribution in [2.24, 2.45) is 0 Å². The molecule has 1 amide bonds. The van der Waals surface area contributed by atoms with Gasteiger partial charge in [0.2, 0.25) is 0 Å². The summed E-state index contributed by atoms with van der Waals surface area (Å²) in [5.74, 6) is -0.488. The molecule has 0 aromatic heterocycles. The van der Waals surface area contributed by atoms with E-state index < -0.39 is 0 Å². The smallest absolute Gasteiger partial charge is 0.260 e. The van der Waals surface area contributed by atoms with Crippen molar-refractivity contribution in [1.82, 2.24) is 0 Å². The van der Waals surface area contributed by atoms with E-state index in [9.17, 15) is 9.18 Å². The molecule has 4 heteroatoms. The predicted molar refractivity (Wildman–Crippen MR) is 84.4 cm³/mol.